The highest BCUT2D eigenvalue weighted by molar-refractivity contribution is 7.98. The van der Waals surface area contributed by atoms with Gasteiger partial charge in [-0.15, -0.1) is 11.8 Å². The highest BCUT2D eigenvalue weighted by Gasteiger charge is 2.07. The van der Waals surface area contributed by atoms with E-state index in [9.17, 15) is 4.39 Å². The van der Waals surface area contributed by atoms with Crippen molar-refractivity contribution in [3.63, 3.8) is 0 Å². The molecule has 1 unspecified atom stereocenters. The van der Waals surface area contributed by atoms with Crippen molar-refractivity contribution in [1.82, 2.24) is 5.32 Å². The molecule has 1 N–H and O–H groups in total. The average Bonchev–Trinajstić information content (AvgIpc) is 2.52. The Morgan fingerprint density at radius 2 is 2.10 bits per heavy atom. The summed E-state index contributed by atoms with van der Waals surface area (Å²) in [6, 6.07) is 14.9. The lowest BCUT2D eigenvalue weighted by atomic mass is 10.1. The van der Waals surface area contributed by atoms with Gasteiger partial charge in [-0.25, -0.2) is 4.39 Å². The number of thioether (sulfide) groups is 1. The number of rotatable bonds is 5. The molecule has 0 bridgehead atoms. The van der Waals surface area contributed by atoms with E-state index in [-0.39, 0.29) is 11.9 Å². The van der Waals surface area contributed by atoms with Crippen LogP contribution in [0.1, 0.15) is 29.7 Å². The van der Waals surface area contributed by atoms with E-state index in [1.54, 1.807) is 11.8 Å². The number of halogens is 1. The molecule has 0 aliphatic carbocycles. The van der Waals surface area contributed by atoms with Crippen LogP contribution in [0.15, 0.2) is 47.4 Å². The number of hydrogen-bond donors (Lipinski definition) is 1. The molecule has 1 atom stereocenters. The number of nitrogens with zero attached hydrogens (tertiary/aromatic N) is 1. The fourth-order valence-electron chi connectivity index (χ4n) is 1.99. The lowest BCUT2D eigenvalue weighted by Crippen LogP contribution is -2.11. The lowest BCUT2D eigenvalue weighted by Gasteiger charge is -2.12. The van der Waals surface area contributed by atoms with Crippen molar-refractivity contribution in [3.8, 4) is 6.07 Å². The van der Waals surface area contributed by atoms with Gasteiger partial charge in [0.15, 0.2) is 0 Å². The summed E-state index contributed by atoms with van der Waals surface area (Å²) in [5.41, 5.74) is 2.47. The van der Waals surface area contributed by atoms with Gasteiger partial charge in [0.25, 0.3) is 0 Å². The van der Waals surface area contributed by atoms with Gasteiger partial charge in [-0.1, -0.05) is 12.1 Å². The Labute approximate surface area is 129 Å². The van der Waals surface area contributed by atoms with Crippen LogP contribution in [-0.4, -0.2) is 7.05 Å². The molecule has 0 heterocycles. The zero-order valence-corrected chi connectivity index (χ0v) is 12.9. The Bertz CT molecular complexity index is 664. The molecule has 0 aliphatic heterocycles. The number of benzene rings is 2. The summed E-state index contributed by atoms with van der Waals surface area (Å²) in [6.45, 7) is 2.10. The van der Waals surface area contributed by atoms with Crippen LogP contribution < -0.4 is 5.32 Å². The van der Waals surface area contributed by atoms with E-state index in [0.717, 1.165) is 10.5 Å². The van der Waals surface area contributed by atoms with Crippen molar-refractivity contribution in [1.29, 1.82) is 5.26 Å². The topological polar surface area (TPSA) is 35.8 Å². The SMILES string of the molecule is CNC(C)c1cccc(SCc2cc(F)ccc2C#N)c1. The second-order valence-electron chi connectivity index (χ2n) is 4.78. The first-order valence-corrected chi connectivity index (χ1v) is 7.71. The molecule has 0 spiro atoms. The summed E-state index contributed by atoms with van der Waals surface area (Å²) in [5.74, 6) is 0.278. The van der Waals surface area contributed by atoms with E-state index in [1.807, 2.05) is 19.2 Å². The minimum Gasteiger partial charge on any atom is -0.313 e. The highest BCUT2D eigenvalue weighted by Crippen LogP contribution is 2.27. The molecule has 0 aromatic heterocycles. The summed E-state index contributed by atoms with van der Waals surface area (Å²) in [6.07, 6.45) is 0. The van der Waals surface area contributed by atoms with Crippen molar-refractivity contribution in [2.75, 3.05) is 7.05 Å². The molecular formula is C17H17FN2S. The normalized spacial score (nSPS) is 11.9. The third kappa shape index (κ3) is 4.07. The molecule has 108 valence electrons. The summed E-state index contributed by atoms with van der Waals surface area (Å²) in [7, 11) is 1.93. The third-order valence-corrected chi connectivity index (χ3v) is 4.42. The van der Waals surface area contributed by atoms with Gasteiger partial charge in [0.1, 0.15) is 5.82 Å². The standard InChI is InChI=1S/C17H17FN2S/c1-12(20-2)13-4-3-5-17(9-13)21-11-15-8-16(18)7-6-14(15)10-19/h3-9,12,20H,11H2,1-2H3. The van der Waals surface area contributed by atoms with Crippen LogP contribution >= 0.6 is 11.8 Å². The van der Waals surface area contributed by atoms with Gasteiger partial charge in [0, 0.05) is 16.7 Å². The van der Waals surface area contributed by atoms with Crippen molar-refractivity contribution in [2.45, 2.75) is 23.6 Å². The molecular weight excluding hydrogens is 283 g/mol. The Kier molecular flexibility index (Phi) is 5.38. The van der Waals surface area contributed by atoms with Crippen molar-refractivity contribution in [2.24, 2.45) is 0 Å². The van der Waals surface area contributed by atoms with Gasteiger partial charge in [-0.05, 0) is 55.4 Å². The number of nitriles is 1. The van der Waals surface area contributed by atoms with E-state index in [0.29, 0.717) is 11.3 Å². The van der Waals surface area contributed by atoms with Crippen LogP contribution in [0.4, 0.5) is 4.39 Å². The molecule has 21 heavy (non-hydrogen) atoms. The Hall–Kier alpha value is -1.83. The Balaban J connectivity index is 2.14. The lowest BCUT2D eigenvalue weighted by molar-refractivity contribution is 0.626. The molecule has 0 saturated heterocycles. The quantitative estimate of drug-likeness (QED) is 0.838. The van der Waals surface area contributed by atoms with Gasteiger partial charge < -0.3 is 5.32 Å². The first kappa shape index (κ1) is 15.6. The zero-order valence-electron chi connectivity index (χ0n) is 12.1. The molecule has 4 heteroatoms. The third-order valence-electron chi connectivity index (χ3n) is 3.37. The minimum atomic E-state index is -0.304. The zero-order chi connectivity index (χ0) is 15.2. The molecule has 2 aromatic carbocycles. The predicted molar refractivity (Wildman–Crippen MR) is 84.6 cm³/mol. The van der Waals surface area contributed by atoms with E-state index >= 15 is 0 Å². The van der Waals surface area contributed by atoms with Crippen molar-refractivity contribution < 1.29 is 4.39 Å². The summed E-state index contributed by atoms with van der Waals surface area (Å²) in [5, 5.41) is 12.3. The van der Waals surface area contributed by atoms with Gasteiger partial charge in [-0.3, -0.25) is 0 Å². The van der Waals surface area contributed by atoms with Crippen LogP contribution in [0.25, 0.3) is 0 Å². The minimum absolute atomic E-state index is 0.286. The average molecular weight is 300 g/mol. The summed E-state index contributed by atoms with van der Waals surface area (Å²) >= 11 is 1.61. The molecule has 0 fully saturated rings. The first-order chi connectivity index (χ1) is 10.1. The van der Waals surface area contributed by atoms with Gasteiger partial charge in [0.2, 0.25) is 0 Å². The molecule has 2 nitrogen and oxygen atoms in total. The number of hydrogen-bond acceptors (Lipinski definition) is 3. The van der Waals surface area contributed by atoms with Crippen LogP contribution in [-0.2, 0) is 5.75 Å². The fraction of sp³-hybridized carbons (Fsp3) is 0.235. The second kappa shape index (κ2) is 7.26. The first-order valence-electron chi connectivity index (χ1n) is 6.72. The monoisotopic (exact) mass is 300 g/mol. The van der Waals surface area contributed by atoms with E-state index < -0.39 is 0 Å². The van der Waals surface area contributed by atoms with E-state index in [4.69, 9.17) is 5.26 Å². The molecule has 0 amide bonds. The van der Waals surface area contributed by atoms with Crippen LogP contribution in [0.5, 0.6) is 0 Å². The Morgan fingerprint density at radius 3 is 2.81 bits per heavy atom. The highest BCUT2D eigenvalue weighted by atomic mass is 32.2. The molecule has 2 aromatic rings. The fourth-order valence-corrected chi connectivity index (χ4v) is 2.95. The molecule has 0 saturated carbocycles. The molecule has 2 rings (SSSR count). The van der Waals surface area contributed by atoms with Gasteiger partial charge in [0.05, 0.1) is 11.6 Å². The Morgan fingerprint density at radius 1 is 1.29 bits per heavy atom. The van der Waals surface area contributed by atoms with Crippen molar-refractivity contribution in [3.05, 3.63) is 65.0 Å². The summed E-state index contributed by atoms with van der Waals surface area (Å²) in [4.78, 5) is 1.11. The van der Waals surface area contributed by atoms with E-state index in [2.05, 4.69) is 30.4 Å². The van der Waals surface area contributed by atoms with Crippen LogP contribution in [0, 0.1) is 17.1 Å². The maximum Gasteiger partial charge on any atom is 0.123 e. The van der Waals surface area contributed by atoms with E-state index in [1.165, 1.54) is 23.8 Å². The summed E-state index contributed by atoms with van der Waals surface area (Å²) < 4.78 is 13.3. The van der Waals surface area contributed by atoms with Crippen LogP contribution in [0.2, 0.25) is 0 Å². The van der Waals surface area contributed by atoms with Gasteiger partial charge >= 0.3 is 0 Å². The van der Waals surface area contributed by atoms with Crippen LogP contribution in [0.3, 0.4) is 0 Å². The van der Waals surface area contributed by atoms with Gasteiger partial charge in [-0.2, -0.15) is 5.26 Å². The maximum absolute atomic E-state index is 13.3. The second-order valence-corrected chi connectivity index (χ2v) is 5.83. The number of nitrogens with one attached hydrogen (secondary N) is 1. The predicted octanol–water partition coefficient (Wildman–Crippen LogP) is 4.27. The van der Waals surface area contributed by atoms with Crippen molar-refractivity contribution >= 4 is 11.8 Å². The molecule has 0 radical (unpaired) electrons. The largest absolute Gasteiger partial charge is 0.313 e. The molecule has 0 aliphatic rings. The smallest absolute Gasteiger partial charge is 0.123 e. The maximum atomic E-state index is 13.3.